The average molecular weight is 805 g/mol. The standard InChI is InChI=1S/C18H18ClF3N2O.C9H9BrClNO.C3H4BrClO/c1-12-9-13(11-14(10-12)18(20,21)22)17(25)24-8-2-7-23-16-5-3-15(19)4-6-16;10-6-5-9(13)12-8-3-1-7(11)2-4-8;4-2-1-3(5)6/h3-6,9-11,23H,2,7-8H2,1H3,(H,24,25);1-4H,5-6H2,(H,12,13);1-2H2. The maximum absolute atomic E-state index is 12.8. The number of carbonyl (C=O) groups excluding carboxylic acids is 3. The molecule has 0 bridgehead atoms. The van der Waals surface area contributed by atoms with Crippen LogP contribution in [-0.2, 0) is 15.8 Å². The summed E-state index contributed by atoms with van der Waals surface area (Å²) in [5.41, 5.74) is 1.27. The molecule has 0 heterocycles. The van der Waals surface area contributed by atoms with Crippen LogP contribution in [-0.4, -0.2) is 40.8 Å². The highest BCUT2D eigenvalue weighted by Crippen LogP contribution is 2.30. The van der Waals surface area contributed by atoms with Gasteiger partial charge in [0.05, 0.1) is 5.56 Å². The zero-order valence-corrected chi connectivity index (χ0v) is 29.0. The van der Waals surface area contributed by atoms with Gasteiger partial charge in [-0.2, -0.15) is 13.2 Å². The Morgan fingerprint density at radius 3 is 1.82 bits per heavy atom. The third kappa shape index (κ3) is 17.9. The molecule has 0 fully saturated rings. The van der Waals surface area contributed by atoms with Gasteiger partial charge >= 0.3 is 6.18 Å². The fourth-order valence-corrected chi connectivity index (χ4v) is 4.48. The minimum absolute atomic E-state index is 0.000743. The molecule has 6 nitrogen and oxygen atoms in total. The van der Waals surface area contributed by atoms with E-state index in [0.29, 0.717) is 58.6 Å². The number of hydrogen-bond acceptors (Lipinski definition) is 4. The topological polar surface area (TPSA) is 87.3 Å². The molecule has 3 aromatic carbocycles. The lowest BCUT2D eigenvalue weighted by atomic mass is 10.1. The van der Waals surface area contributed by atoms with Crippen LogP contribution in [0.3, 0.4) is 0 Å². The molecular formula is C30H31Br2Cl3F3N3O3. The van der Waals surface area contributed by atoms with Crippen LogP contribution >= 0.6 is 66.7 Å². The van der Waals surface area contributed by atoms with Crippen LogP contribution in [0, 0.1) is 6.92 Å². The lowest BCUT2D eigenvalue weighted by molar-refractivity contribution is -0.137. The highest BCUT2D eigenvalue weighted by molar-refractivity contribution is 9.09. The van der Waals surface area contributed by atoms with Crippen molar-refractivity contribution in [1.29, 1.82) is 0 Å². The molecule has 44 heavy (non-hydrogen) atoms. The number of alkyl halides is 5. The van der Waals surface area contributed by atoms with Crippen LogP contribution in [0.1, 0.15) is 40.7 Å². The minimum atomic E-state index is -4.47. The van der Waals surface area contributed by atoms with Crippen molar-refractivity contribution in [3.05, 3.63) is 93.5 Å². The maximum atomic E-state index is 12.8. The fourth-order valence-electron chi connectivity index (χ4n) is 3.19. The van der Waals surface area contributed by atoms with Gasteiger partial charge in [-0.15, -0.1) is 0 Å². The summed E-state index contributed by atoms with van der Waals surface area (Å²) < 4.78 is 38.4. The van der Waals surface area contributed by atoms with Gasteiger partial charge in [0.15, 0.2) is 0 Å². The van der Waals surface area contributed by atoms with Crippen molar-refractivity contribution in [3.63, 3.8) is 0 Å². The number of anilines is 2. The van der Waals surface area contributed by atoms with Gasteiger partial charge in [-0.3, -0.25) is 14.4 Å². The van der Waals surface area contributed by atoms with Gasteiger partial charge in [0, 0.05) is 63.6 Å². The van der Waals surface area contributed by atoms with Gasteiger partial charge in [0.2, 0.25) is 11.1 Å². The van der Waals surface area contributed by atoms with E-state index in [0.717, 1.165) is 23.5 Å². The van der Waals surface area contributed by atoms with Gasteiger partial charge < -0.3 is 16.0 Å². The van der Waals surface area contributed by atoms with E-state index in [-0.39, 0.29) is 16.7 Å². The van der Waals surface area contributed by atoms with Crippen molar-refractivity contribution in [2.45, 2.75) is 32.4 Å². The summed E-state index contributed by atoms with van der Waals surface area (Å²) in [6.45, 7) is 2.50. The van der Waals surface area contributed by atoms with Crippen LogP contribution in [0.4, 0.5) is 24.5 Å². The number of nitrogens with one attached hydrogen (secondary N) is 3. The number of benzene rings is 3. The van der Waals surface area contributed by atoms with Gasteiger partial charge in [-0.25, -0.2) is 0 Å². The van der Waals surface area contributed by atoms with Crippen molar-refractivity contribution in [3.8, 4) is 0 Å². The Balaban J connectivity index is 0.000000422. The zero-order valence-electron chi connectivity index (χ0n) is 23.5. The molecule has 2 amide bonds. The molecule has 0 radical (unpaired) electrons. The Kier molecular flexibility index (Phi) is 19.3. The summed E-state index contributed by atoms with van der Waals surface area (Å²) in [5.74, 6) is -0.514. The van der Waals surface area contributed by atoms with Crippen LogP contribution in [0.25, 0.3) is 0 Å². The van der Waals surface area contributed by atoms with E-state index in [1.54, 1.807) is 36.4 Å². The highest BCUT2D eigenvalue weighted by atomic mass is 79.9. The summed E-state index contributed by atoms with van der Waals surface area (Å²) in [6.07, 6.45) is -2.94. The molecule has 0 saturated carbocycles. The SMILES string of the molecule is Cc1cc(C(=O)NCCCNc2ccc(Cl)cc2)cc(C(F)(F)F)c1.O=C(CCBr)Nc1ccc(Cl)cc1.O=C(Cl)CCBr. The molecule has 0 unspecified atom stereocenters. The Morgan fingerprint density at radius 1 is 0.795 bits per heavy atom. The molecule has 14 heteroatoms. The normalized spacial score (nSPS) is 10.4. The van der Waals surface area contributed by atoms with E-state index in [1.165, 1.54) is 13.0 Å². The van der Waals surface area contributed by atoms with E-state index in [2.05, 4.69) is 47.8 Å². The monoisotopic (exact) mass is 801 g/mol. The summed E-state index contributed by atoms with van der Waals surface area (Å²) in [4.78, 5) is 32.9. The molecular weight excluding hydrogens is 774 g/mol. The number of halogens is 8. The van der Waals surface area contributed by atoms with Gasteiger partial charge in [-0.1, -0.05) is 55.1 Å². The summed E-state index contributed by atoms with van der Waals surface area (Å²) in [5, 5.41) is 10.9. The fraction of sp³-hybridized carbons (Fsp3) is 0.300. The number of rotatable bonds is 11. The Labute approximate surface area is 286 Å². The lowest BCUT2D eigenvalue weighted by Gasteiger charge is -2.11. The van der Waals surface area contributed by atoms with Crippen molar-refractivity contribution in [1.82, 2.24) is 5.32 Å². The largest absolute Gasteiger partial charge is 0.416 e. The lowest BCUT2D eigenvalue weighted by Crippen LogP contribution is -2.26. The highest BCUT2D eigenvalue weighted by Gasteiger charge is 2.31. The Bertz CT molecular complexity index is 1330. The zero-order chi connectivity index (χ0) is 33.1. The molecule has 0 spiro atoms. The predicted octanol–water partition coefficient (Wildman–Crippen LogP) is 9.50. The molecule has 0 saturated heterocycles. The van der Waals surface area contributed by atoms with Crippen molar-refractivity contribution in [2.75, 3.05) is 34.4 Å². The Hall–Kier alpha value is -2.31. The molecule has 240 valence electrons. The molecule has 0 aliphatic heterocycles. The van der Waals surface area contributed by atoms with E-state index in [1.807, 2.05) is 12.1 Å². The minimum Gasteiger partial charge on any atom is -0.385 e. The molecule has 3 rings (SSSR count). The first-order valence-corrected chi connectivity index (χ1v) is 16.4. The van der Waals surface area contributed by atoms with E-state index < -0.39 is 17.6 Å². The van der Waals surface area contributed by atoms with Crippen LogP contribution in [0.5, 0.6) is 0 Å². The van der Waals surface area contributed by atoms with Crippen molar-refractivity contribution < 1.29 is 27.6 Å². The number of hydrogen-bond donors (Lipinski definition) is 3. The summed E-state index contributed by atoms with van der Waals surface area (Å²) in [6, 6.07) is 17.6. The number of amides is 2. The smallest absolute Gasteiger partial charge is 0.385 e. The predicted molar refractivity (Wildman–Crippen MR) is 181 cm³/mol. The van der Waals surface area contributed by atoms with E-state index >= 15 is 0 Å². The third-order valence-corrected chi connectivity index (χ3v) is 6.71. The van der Waals surface area contributed by atoms with Crippen molar-refractivity contribution in [2.24, 2.45) is 0 Å². The van der Waals surface area contributed by atoms with Crippen molar-refractivity contribution >= 4 is 95.1 Å². The molecule has 0 aliphatic carbocycles. The molecule has 0 aromatic heterocycles. The third-order valence-electron chi connectivity index (χ3n) is 5.22. The van der Waals surface area contributed by atoms with Gasteiger partial charge in [-0.05, 0) is 97.2 Å². The second-order valence-electron chi connectivity index (χ2n) is 8.92. The van der Waals surface area contributed by atoms with Crippen LogP contribution in [0.2, 0.25) is 10.0 Å². The van der Waals surface area contributed by atoms with Crippen LogP contribution < -0.4 is 16.0 Å². The molecule has 0 atom stereocenters. The van der Waals surface area contributed by atoms with Gasteiger partial charge in [0.1, 0.15) is 0 Å². The quantitative estimate of drug-likeness (QED) is 0.102. The van der Waals surface area contributed by atoms with Crippen LogP contribution in [0.15, 0.2) is 66.7 Å². The second-order valence-corrected chi connectivity index (χ2v) is 11.8. The summed E-state index contributed by atoms with van der Waals surface area (Å²) in [7, 11) is 0. The molecule has 3 N–H and O–H groups in total. The second kappa shape index (κ2) is 21.4. The summed E-state index contributed by atoms with van der Waals surface area (Å²) >= 11 is 22.6. The molecule has 0 aliphatic rings. The molecule has 3 aromatic rings. The first-order chi connectivity index (χ1) is 20.7. The number of carbonyl (C=O) groups is 3. The van der Waals surface area contributed by atoms with Gasteiger partial charge in [0.25, 0.3) is 5.91 Å². The van der Waals surface area contributed by atoms with E-state index in [9.17, 15) is 27.6 Å². The first kappa shape index (κ1) is 39.7. The maximum Gasteiger partial charge on any atom is 0.416 e. The average Bonchev–Trinajstić information content (AvgIpc) is 2.95. The Morgan fingerprint density at radius 2 is 1.34 bits per heavy atom. The van der Waals surface area contributed by atoms with E-state index in [4.69, 9.17) is 34.8 Å². The first-order valence-electron chi connectivity index (χ1n) is 13.1. The number of aryl methyl sites for hydroxylation is 1.